The molecule has 0 saturated carbocycles. The van der Waals surface area contributed by atoms with Crippen molar-refractivity contribution in [2.45, 2.75) is 26.4 Å². The number of anilines is 2. The first-order chi connectivity index (χ1) is 19.1. The van der Waals surface area contributed by atoms with Crippen LogP contribution < -0.4 is 20.3 Å². The second-order valence-corrected chi connectivity index (χ2v) is 9.83. The van der Waals surface area contributed by atoms with Crippen molar-refractivity contribution in [3.05, 3.63) is 94.0 Å². The fourth-order valence-corrected chi connectivity index (χ4v) is 4.21. The summed E-state index contributed by atoms with van der Waals surface area (Å²) in [6.45, 7) is 5.26. The molecule has 4 rings (SSSR count). The minimum absolute atomic E-state index is 0.113. The van der Waals surface area contributed by atoms with E-state index in [0.717, 1.165) is 0 Å². The number of nitrogens with zero attached hydrogens (tertiary/aromatic N) is 3. The van der Waals surface area contributed by atoms with Crippen LogP contribution >= 0.6 is 0 Å². The fraction of sp³-hybridized carbons (Fsp3) is 0.207. The first kappa shape index (κ1) is 27.7. The Kier molecular flexibility index (Phi) is 8.07. The number of aliphatic imine (C=N–C) groups is 1. The number of nitro benzene ring substituents is 1. The summed E-state index contributed by atoms with van der Waals surface area (Å²) in [5.74, 6) is -0.372. The summed E-state index contributed by atoms with van der Waals surface area (Å²) in [5, 5.41) is 17.1. The van der Waals surface area contributed by atoms with Crippen molar-refractivity contribution in [1.29, 1.82) is 0 Å². The van der Waals surface area contributed by atoms with Crippen LogP contribution in [0.1, 0.15) is 31.9 Å². The van der Waals surface area contributed by atoms with Gasteiger partial charge in [-0.25, -0.2) is 4.79 Å². The van der Waals surface area contributed by atoms with Crippen molar-refractivity contribution in [3.63, 3.8) is 0 Å². The summed E-state index contributed by atoms with van der Waals surface area (Å²) in [5.41, 5.74) is 2.01. The molecule has 11 heteroatoms. The number of ether oxygens (including phenoxy) is 1. The number of carbonyl (C=O) groups excluding carboxylic acids is 3. The quantitative estimate of drug-likeness (QED) is 0.101. The van der Waals surface area contributed by atoms with Crippen molar-refractivity contribution < 1.29 is 24.0 Å². The predicted octanol–water partition coefficient (Wildman–Crippen LogP) is 4.51. The minimum Gasteiger partial charge on any atom is -0.488 e. The molecule has 11 nitrogen and oxygen atoms in total. The maximum absolute atomic E-state index is 13.4. The Morgan fingerprint density at radius 3 is 2.42 bits per heavy atom. The van der Waals surface area contributed by atoms with E-state index in [1.807, 2.05) is 26.8 Å². The average molecular weight is 542 g/mol. The number of amides is 2. The second-order valence-electron chi connectivity index (χ2n) is 9.83. The highest BCUT2D eigenvalue weighted by Gasteiger charge is 2.33. The molecule has 0 bridgehead atoms. The molecule has 0 atom stereocenters. The Balaban J connectivity index is 1.91. The van der Waals surface area contributed by atoms with Crippen molar-refractivity contribution in [2.24, 2.45) is 4.99 Å². The summed E-state index contributed by atoms with van der Waals surface area (Å²) in [6, 6.07) is 20.3. The lowest BCUT2D eigenvalue weighted by Crippen LogP contribution is -2.38. The molecule has 3 aromatic rings. The molecular weight excluding hydrogens is 514 g/mol. The molecule has 0 radical (unpaired) electrons. The minimum atomic E-state index is -0.537. The van der Waals surface area contributed by atoms with Crippen LogP contribution in [0.4, 0.5) is 17.1 Å². The van der Waals surface area contributed by atoms with Crippen molar-refractivity contribution in [2.75, 3.05) is 23.4 Å². The largest absolute Gasteiger partial charge is 0.488 e. The number of non-ortho nitro benzene ring substituents is 1. The number of hydrogen-bond donors (Lipinski definition) is 2. The van der Waals surface area contributed by atoms with Gasteiger partial charge in [0.1, 0.15) is 17.9 Å². The summed E-state index contributed by atoms with van der Waals surface area (Å²) in [7, 11) is 0. The van der Waals surface area contributed by atoms with Gasteiger partial charge in [-0.2, -0.15) is 4.99 Å². The van der Waals surface area contributed by atoms with Crippen LogP contribution in [-0.2, 0) is 14.4 Å². The third-order valence-electron chi connectivity index (χ3n) is 5.81. The van der Waals surface area contributed by atoms with Gasteiger partial charge in [-0.1, -0.05) is 30.3 Å². The van der Waals surface area contributed by atoms with Gasteiger partial charge in [0.25, 0.3) is 11.6 Å². The average Bonchev–Trinajstić information content (AvgIpc) is 3.24. The highest BCUT2D eigenvalue weighted by Crippen LogP contribution is 2.41. The van der Waals surface area contributed by atoms with Crippen molar-refractivity contribution in [3.8, 4) is 5.75 Å². The fourth-order valence-electron chi connectivity index (χ4n) is 4.21. The number of hydrogen-bond acceptors (Lipinski definition) is 8. The predicted molar refractivity (Wildman–Crippen MR) is 150 cm³/mol. The third kappa shape index (κ3) is 6.40. The molecule has 40 heavy (non-hydrogen) atoms. The Hall–Kier alpha value is -5.28. The molecule has 2 amide bonds. The number of nitro groups is 1. The van der Waals surface area contributed by atoms with Gasteiger partial charge in [-0.15, -0.1) is 0 Å². The SMILES string of the molecule is CC(C)(C)Oc1ccc(N(CNC(=O)CN=C=O)/C(=C2\C(=O)Nc3ccc([N+](=O)[O-])cc32)c2ccccc2)cc1. The van der Waals surface area contributed by atoms with E-state index in [1.165, 1.54) is 24.3 Å². The van der Waals surface area contributed by atoms with E-state index in [4.69, 9.17) is 4.74 Å². The number of carbonyl (C=O) groups is 2. The number of isocyanates is 1. The molecule has 0 aromatic heterocycles. The van der Waals surface area contributed by atoms with Crippen molar-refractivity contribution in [1.82, 2.24) is 5.32 Å². The van der Waals surface area contributed by atoms with E-state index in [0.29, 0.717) is 33.9 Å². The lowest BCUT2D eigenvalue weighted by atomic mass is 9.98. The molecule has 1 aliphatic heterocycles. The zero-order valence-electron chi connectivity index (χ0n) is 22.1. The van der Waals surface area contributed by atoms with Gasteiger partial charge in [-0.3, -0.25) is 19.7 Å². The molecule has 1 heterocycles. The smallest absolute Gasteiger partial charge is 0.270 e. The zero-order valence-corrected chi connectivity index (χ0v) is 22.1. The van der Waals surface area contributed by atoms with Crippen LogP contribution in [-0.4, -0.2) is 41.6 Å². The molecule has 0 fully saturated rings. The van der Waals surface area contributed by atoms with E-state index in [1.54, 1.807) is 53.4 Å². The first-order valence-electron chi connectivity index (χ1n) is 12.3. The zero-order chi connectivity index (χ0) is 28.9. The summed E-state index contributed by atoms with van der Waals surface area (Å²) in [4.78, 5) is 52.4. The van der Waals surface area contributed by atoms with Crippen molar-refractivity contribution >= 4 is 46.2 Å². The molecule has 0 spiro atoms. The normalized spacial score (nSPS) is 13.4. The molecule has 204 valence electrons. The molecule has 0 unspecified atom stereocenters. The Bertz CT molecular complexity index is 1520. The molecular formula is C29H27N5O6. The molecule has 0 saturated heterocycles. The van der Waals surface area contributed by atoms with Gasteiger partial charge in [0.05, 0.1) is 22.9 Å². The van der Waals surface area contributed by atoms with Gasteiger partial charge in [-0.05, 0) is 56.7 Å². The monoisotopic (exact) mass is 541 g/mol. The van der Waals surface area contributed by atoms with E-state index in [9.17, 15) is 24.5 Å². The number of fused-ring (bicyclic) bond motifs is 1. The number of rotatable bonds is 9. The topological polar surface area (TPSA) is 143 Å². The van der Waals surface area contributed by atoms with Gasteiger partial charge >= 0.3 is 0 Å². The van der Waals surface area contributed by atoms with Crippen LogP contribution in [0.5, 0.6) is 5.75 Å². The van der Waals surface area contributed by atoms with Gasteiger partial charge in [0.15, 0.2) is 0 Å². The highest BCUT2D eigenvalue weighted by molar-refractivity contribution is 6.37. The van der Waals surface area contributed by atoms with Crippen LogP contribution in [0.2, 0.25) is 0 Å². The van der Waals surface area contributed by atoms with Crippen LogP contribution in [0.3, 0.4) is 0 Å². The molecule has 0 aliphatic carbocycles. The second kappa shape index (κ2) is 11.6. The van der Waals surface area contributed by atoms with E-state index >= 15 is 0 Å². The summed E-state index contributed by atoms with van der Waals surface area (Å²) >= 11 is 0. The standard InChI is InChI=1S/C29H27N5O6/c1-29(2,3)40-22-12-9-20(10-13-22)33(17-31-25(36)16-30-18-35)27(19-7-5-4-6-8-19)26-23-15-21(34(38)39)11-14-24(23)32-28(26)37/h4-15H,16-17H2,1-3H3,(H,31,36)(H,32,37)/b27-26-. The third-order valence-corrected chi connectivity index (χ3v) is 5.81. The lowest BCUT2D eigenvalue weighted by Gasteiger charge is -2.30. The number of benzene rings is 3. The summed E-state index contributed by atoms with van der Waals surface area (Å²) in [6.07, 6.45) is 1.34. The van der Waals surface area contributed by atoms with Crippen LogP contribution in [0, 0.1) is 10.1 Å². The maximum Gasteiger partial charge on any atom is 0.270 e. The van der Waals surface area contributed by atoms with Gasteiger partial charge in [0, 0.05) is 29.1 Å². The van der Waals surface area contributed by atoms with Crippen LogP contribution in [0.25, 0.3) is 11.3 Å². The number of nitrogens with one attached hydrogen (secondary N) is 2. The Morgan fingerprint density at radius 1 is 1.10 bits per heavy atom. The Labute approximate surface area is 230 Å². The molecule has 3 aromatic carbocycles. The van der Waals surface area contributed by atoms with Gasteiger partial charge < -0.3 is 20.3 Å². The Morgan fingerprint density at radius 2 is 1.80 bits per heavy atom. The van der Waals surface area contributed by atoms with E-state index in [2.05, 4.69) is 15.6 Å². The molecule has 2 N–H and O–H groups in total. The van der Waals surface area contributed by atoms with Crippen LogP contribution in [0.15, 0.2) is 77.8 Å². The molecule has 1 aliphatic rings. The van der Waals surface area contributed by atoms with E-state index < -0.39 is 28.9 Å². The van der Waals surface area contributed by atoms with Gasteiger partial charge in [0.2, 0.25) is 12.0 Å². The maximum atomic E-state index is 13.4. The highest BCUT2D eigenvalue weighted by atomic mass is 16.6. The first-order valence-corrected chi connectivity index (χ1v) is 12.3. The lowest BCUT2D eigenvalue weighted by molar-refractivity contribution is -0.384. The van der Waals surface area contributed by atoms with E-state index in [-0.39, 0.29) is 17.9 Å². The summed E-state index contributed by atoms with van der Waals surface area (Å²) < 4.78 is 5.95.